The van der Waals surface area contributed by atoms with Crippen molar-refractivity contribution in [1.82, 2.24) is 0 Å². The Labute approximate surface area is 335 Å². The van der Waals surface area contributed by atoms with Crippen LogP contribution >= 0.6 is 11.3 Å². The van der Waals surface area contributed by atoms with Crippen molar-refractivity contribution in [2.24, 2.45) is 0 Å². The fourth-order valence-corrected chi connectivity index (χ4v) is 9.61. The topological polar surface area (TPSA) is 16.4 Å². The standard InChI is InChI=1S/C54H35NOS/c1-2-15-37(16-3-1)40-17-4-5-18-41(40)42-19-6-7-20-43(42)44-21-8-11-25-49(44)55(50-26-14-24-48-45-22-9-12-27-51(45)56-54(48)50)39-32-29-36(30-33-39)38-31-34-47-46-23-10-13-28-52(46)57-53(47)35-38/h1-35H. The highest BCUT2D eigenvalue weighted by molar-refractivity contribution is 7.25. The minimum Gasteiger partial charge on any atom is -0.454 e. The third-order valence-corrected chi connectivity index (χ3v) is 12.3. The summed E-state index contributed by atoms with van der Waals surface area (Å²) in [5.74, 6) is 0. The second-order valence-corrected chi connectivity index (χ2v) is 15.5. The summed E-state index contributed by atoms with van der Waals surface area (Å²) in [6.07, 6.45) is 0. The van der Waals surface area contributed by atoms with E-state index in [0.717, 1.165) is 50.1 Å². The fourth-order valence-electron chi connectivity index (χ4n) is 8.46. The highest BCUT2D eigenvalue weighted by atomic mass is 32.1. The Kier molecular flexibility index (Phi) is 8.04. The van der Waals surface area contributed by atoms with Crippen molar-refractivity contribution >= 4 is 70.5 Å². The van der Waals surface area contributed by atoms with E-state index in [1.807, 2.05) is 17.4 Å². The van der Waals surface area contributed by atoms with Gasteiger partial charge in [0.25, 0.3) is 0 Å². The normalized spacial score (nSPS) is 11.5. The molecule has 268 valence electrons. The first kappa shape index (κ1) is 33.2. The predicted molar refractivity (Wildman–Crippen MR) is 243 cm³/mol. The monoisotopic (exact) mass is 745 g/mol. The van der Waals surface area contributed by atoms with Gasteiger partial charge in [-0.2, -0.15) is 0 Å². The molecule has 0 amide bonds. The lowest BCUT2D eigenvalue weighted by atomic mass is 9.88. The molecule has 3 heteroatoms. The van der Waals surface area contributed by atoms with Gasteiger partial charge < -0.3 is 9.32 Å². The molecule has 0 aliphatic carbocycles. The first-order valence-corrected chi connectivity index (χ1v) is 20.2. The van der Waals surface area contributed by atoms with Crippen molar-refractivity contribution < 1.29 is 4.42 Å². The highest BCUT2D eigenvalue weighted by Crippen LogP contribution is 2.48. The Morgan fingerprint density at radius 3 is 1.70 bits per heavy atom. The van der Waals surface area contributed by atoms with Gasteiger partial charge >= 0.3 is 0 Å². The van der Waals surface area contributed by atoms with E-state index in [4.69, 9.17) is 4.42 Å². The van der Waals surface area contributed by atoms with Crippen LogP contribution in [0, 0.1) is 0 Å². The zero-order valence-electron chi connectivity index (χ0n) is 31.0. The average molecular weight is 746 g/mol. The van der Waals surface area contributed by atoms with Crippen molar-refractivity contribution in [1.29, 1.82) is 0 Å². The lowest BCUT2D eigenvalue weighted by Crippen LogP contribution is -2.11. The molecule has 2 nitrogen and oxygen atoms in total. The van der Waals surface area contributed by atoms with Crippen LogP contribution in [0.2, 0.25) is 0 Å². The molecule has 9 aromatic carbocycles. The third kappa shape index (κ3) is 5.71. The minimum absolute atomic E-state index is 0.857. The molecule has 0 N–H and O–H groups in total. The second-order valence-electron chi connectivity index (χ2n) is 14.4. The molecule has 0 unspecified atom stereocenters. The van der Waals surface area contributed by atoms with Gasteiger partial charge in [-0.05, 0) is 81.4 Å². The number of thiophene rings is 1. The molecule has 11 rings (SSSR count). The Morgan fingerprint density at radius 2 is 0.895 bits per heavy atom. The van der Waals surface area contributed by atoms with E-state index in [2.05, 4.69) is 211 Å². The summed E-state index contributed by atoms with van der Waals surface area (Å²) < 4.78 is 9.35. The summed E-state index contributed by atoms with van der Waals surface area (Å²) in [7, 11) is 0. The summed E-state index contributed by atoms with van der Waals surface area (Å²) in [4.78, 5) is 2.37. The molecule has 57 heavy (non-hydrogen) atoms. The van der Waals surface area contributed by atoms with Crippen molar-refractivity contribution in [2.75, 3.05) is 4.90 Å². The molecule has 11 aromatic rings. The summed E-state index contributed by atoms with van der Waals surface area (Å²) in [6, 6.07) is 76.3. The number of benzene rings is 9. The third-order valence-electron chi connectivity index (χ3n) is 11.1. The second kappa shape index (κ2) is 13.8. The number of rotatable bonds is 7. The molecular formula is C54H35NOS. The van der Waals surface area contributed by atoms with Crippen molar-refractivity contribution in [2.45, 2.75) is 0 Å². The summed E-state index contributed by atoms with van der Waals surface area (Å²) in [6.45, 7) is 0. The zero-order valence-corrected chi connectivity index (χ0v) is 31.8. The summed E-state index contributed by atoms with van der Waals surface area (Å²) >= 11 is 1.86. The van der Waals surface area contributed by atoms with Crippen LogP contribution in [0.15, 0.2) is 217 Å². The lowest BCUT2D eigenvalue weighted by Gasteiger charge is -2.28. The van der Waals surface area contributed by atoms with Gasteiger partial charge in [0.05, 0.1) is 11.4 Å². The summed E-state index contributed by atoms with van der Waals surface area (Å²) in [5, 5.41) is 4.83. The number of para-hydroxylation sites is 3. The number of furan rings is 1. The number of anilines is 3. The van der Waals surface area contributed by atoms with Crippen molar-refractivity contribution in [3.63, 3.8) is 0 Å². The highest BCUT2D eigenvalue weighted by Gasteiger charge is 2.23. The molecule has 2 aromatic heterocycles. The molecule has 0 radical (unpaired) electrons. The van der Waals surface area contributed by atoms with E-state index in [1.165, 1.54) is 53.6 Å². The van der Waals surface area contributed by atoms with Gasteiger partial charge in [0.2, 0.25) is 0 Å². The number of nitrogens with zero attached hydrogens (tertiary/aromatic N) is 1. The Bertz CT molecular complexity index is 3250. The Hall–Kier alpha value is -7.20. The maximum Gasteiger partial charge on any atom is 0.159 e. The first-order valence-electron chi connectivity index (χ1n) is 19.3. The molecular weight excluding hydrogens is 711 g/mol. The van der Waals surface area contributed by atoms with Crippen LogP contribution in [-0.2, 0) is 0 Å². The molecule has 0 aliphatic heterocycles. The maximum atomic E-state index is 6.73. The molecule has 0 spiro atoms. The van der Waals surface area contributed by atoms with Gasteiger partial charge in [0.15, 0.2) is 5.58 Å². The van der Waals surface area contributed by atoms with E-state index in [-0.39, 0.29) is 0 Å². The van der Waals surface area contributed by atoms with E-state index in [1.54, 1.807) is 0 Å². The fraction of sp³-hybridized carbons (Fsp3) is 0. The molecule has 2 heterocycles. The zero-order chi connectivity index (χ0) is 37.7. The van der Waals surface area contributed by atoms with Gasteiger partial charge in [0, 0.05) is 42.2 Å². The van der Waals surface area contributed by atoms with Crippen LogP contribution in [0.25, 0.3) is 86.6 Å². The average Bonchev–Trinajstić information content (AvgIpc) is 3.86. The number of hydrogen-bond acceptors (Lipinski definition) is 3. The van der Waals surface area contributed by atoms with E-state index < -0.39 is 0 Å². The van der Waals surface area contributed by atoms with Crippen LogP contribution < -0.4 is 4.90 Å². The van der Waals surface area contributed by atoms with Gasteiger partial charge in [-0.25, -0.2) is 0 Å². The smallest absolute Gasteiger partial charge is 0.159 e. The Morgan fingerprint density at radius 1 is 0.333 bits per heavy atom. The molecule has 0 bridgehead atoms. The van der Waals surface area contributed by atoms with Gasteiger partial charge in [-0.1, -0.05) is 170 Å². The largest absolute Gasteiger partial charge is 0.454 e. The molecule has 0 fully saturated rings. The molecule has 0 atom stereocenters. The first-order chi connectivity index (χ1) is 28.3. The quantitative estimate of drug-likeness (QED) is 0.162. The minimum atomic E-state index is 0.857. The van der Waals surface area contributed by atoms with Gasteiger partial charge in [0.1, 0.15) is 5.58 Å². The molecule has 0 aliphatic rings. The van der Waals surface area contributed by atoms with Crippen LogP contribution in [0.1, 0.15) is 0 Å². The number of hydrogen-bond donors (Lipinski definition) is 0. The van der Waals surface area contributed by atoms with E-state index >= 15 is 0 Å². The van der Waals surface area contributed by atoms with Gasteiger partial charge in [-0.3, -0.25) is 0 Å². The van der Waals surface area contributed by atoms with Crippen LogP contribution in [0.4, 0.5) is 17.1 Å². The molecule has 0 saturated heterocycles. The number of fused-ring (bicyclic) bond motifs is 6. The van der Waals surface area contributed by atoms with Crippen molar-refractivity contribution in [3.8, 4) is 44.5 Å². The van der Waals surface area contributed by atoms with Crippen LogP contribution in [0.3, 0.4) is 0 Å². The predicted octanol–water partition coefficient (Wildman–Crippen LogP) is 16.1. The van der Waals surface area contributed by atoms with E-state index in [0.29, 0.717) is 0 Å². The lowest BCUT2D eigenvalue weighted by molar-refractivity contribution is 0.669. The van der Waals surface area contributed by atoms with E-state index in [9.17, 15) is 0 Å². The van der Waals surface area contributed by atoms with Crippen LogP contribution in [-0.4, -0.2) is 0 Å². The SMILES string of the molecule is c1ccc(-c2ccccc2-c2ccccc2-c2ccccc2N(c2ccc(-c3ccc4c(c3)sc3ccccc34)cc2)c2cccc3c2oc2ccccc23)cc1. The van der Waals surface area contributed by atoms with Crippen LogP contribution in [0.5, 0.6) is 0 Å². The molecule has 0 saturated carbocycles. The Balaban J connectivity index is 1.10. The summed E-state index contributed by atoms with van der Waals surface area (Å²) in [5.41, 5.74) is 14.3. The maximum absolute atomic E-state index is 6.73. The van der Waals surface area contributed by atoms with Crippen molar-refractivity contribution in [3.05, 3.63) is 212 Å². The van der Waals surface area contributed by atoms with Gasteiger partial charge in [-0.15, -0.1) is 11.3 Å².